The van der Waals surface area contributed by atoms with Crippen LogP contribution in [0.4, 0.5) is 0 Å². The molecular formula is C17H23N5O3. The summed E-state index contributed by atoms with van der Waals surface area (Å²) in [5, 5.41) is 22.8. The molecule has 1 atom stereocenters. The SMILES string of the molecule is CC(C)(C)CCC(NC(=O)Cc1ccc(-n2cnnn2)cc1)C(=O)O. The van der Waals surface area contributed by atoms with Gasteiger partial charge in [-0.3, -0.25) is 4.79 Å². The average molecular weight is 345 g/mol. The van der Waals surface area contributed by atoms with E-state index in [1.54, 1.807) is 24.3 Å². The van der Waals surface area contributed by atoms with Gasteiger partial charge in [0.1, 0.15) is 12.4 Å². The molecule has 2 aromatic rings. The van der Waals surface area contributed by atoms with E-state index in [0.717, 1.165) is 11.3 Å². The molecule has 8 nitrogen and oxygen atoms in total. The van der Waals surface area contributed by atoms with E-state index < -0.39 is 12.0 Å². The van der Waals surface area contributed by atoms with Gasteiger partial charge in [-0.25, -0.2) is 9.48 Å². The van der Waals surface area contributed by atoms with Gasteiger partial charge in [0.15, 0.2) is 0 Å². The first-order valence-corrected chi connectivity index (χ1v) is 8.09. The number of nitrogens with one attached hydrogen (secondary N) is 1. The van der Waals surface area contributed by atoms with Crippen molar-refractivity contribution in [3.05, 3.63) is 36.2 Å². The molecule has 0 saturated heterocycles. The molecule has 0 saturated carbocycles. The van der Waals surface area contributed by atoms with Crippen molar-refractivity contribution in [3.8, 4) is 5.69 Å². The molecule has 1 heterocycles. The van der Waals surface area contributed by atoms with Crippen LogP contribution in [0.5, 0.6) is 0 Å². The van der Waals surface area contributed by atoms with E-state index in [9.17, 15) is 14.7 Å². The predicted molar refractivity (Wildman–Crippen MR) is 91.1 cm³/mol. The summed E-state index contributed by atoms with van der Waals surface area (Å²) in [5.41, 5.74) is 1.59. The van der Waals surface area contributed by atoms with Gasteiger partial charge < -0.3 is 10.4 Å². The number of hydrogen-bond donors (Lipinski definition) is 2. The van der Waals surface area contributed by atoms with Crippen LogP contribution in [-0.4, -0.2) is 43.2 Å². The summed E-state index contributed by atoms with van der Waals surface area (Å²) in [7, 11) is 0. The smallest absolute Gasteiger partial charge is 0.326 e. The number of aliphatic carboxylic acids is 1. The van der Waals surface area contributed by atoms with Crippen LogP contribution >= 0.6 is 0 Å². The van der Waals surface area contributed by atoms with Gasteiger partial charge in [0.2, 0.25) is 5.91 Å². The monoisotopic (exact) mass is 345 g/mol. The Morgan fingerprint density at radius 2 is 1.92 bits per heavy atom. The first kappa shape index (κ1) is 18.6. The fraction of sp³-hybridized carbons (Fsp3) is 0.471. The normalized spacial score (nSPS) is 12.6. The number of benzene rings is 1. The standard InChI is InChI=1S/C17H23N5O3/c1-17(2,3)9-8-14(16(24)25)19-15(23)10-12-4-6-13(7-5-12)22-11-18-20-21-22/h4-7,11,14H,8-10H2,1-3H3,(H,19,23)(H,24,25). The van der Waals surface area contributed by atoms with Crippen molar-refractivity contribution in [1.29, 1.82) is 0 Å². The number of carbonyl (C=O) groups is 2. The largest absolute Gasteiger partial charge is 0.480 e. The molecule has 25 heavy (non-hydrogen) atoms. The highest BCUT2D eigenvalue weighted by Crippen LogP contribution is 2.21. The Morgan fingerprint density at radius 3 is 2.44 bits per heavy atom. The molecule has 0 fully saturated rings. The van der Waals surface area contributed by atoms with Crippen LogP contribution in [0.3, 0.4) is 0 Å². The zero-order valence-corrected chi connectivity index (χ0v) is 14.6. The summed E-state index contributed by atoms with van der Waals surface area (Å²) in [4.78, 5) is 23.5. The Kier molecular flexibility index (Phi) is 5.84. The van der Waals surface area contributed by atoms with Crippen LogP contribution < -0.4 is 5.32 Å². The van der Waals surface area contributed by atoms with Gasteiger partial charge in [-0.15, -0.1) is 5.10 Å². The number of carbonyl (C=O) groups excluding carboxylic acids is 1. The van der Waals surface area contributed by atoms with Crippen molar-refractivity contribution in [2.24, 2.45) is 5.41 Å². The molecule has 2 N–H and O–H groups in total. The van der Waals surface area contributed by atoms with Crippen molar-refractivity contribution in [2.75, 3.05) is 0 Å². The maximum atomic E-state index is 12.2. The Bertz CT molecular complexity index is 705. The number of amides is 1. The van der Waals surface area contributed by atoms with Crippen molar-refractivity contribution < 1.29 is 14.7 Å². The first-order chi connectivity index (χ1) is 11.7. The molecule has 1 unspecified atom stereocenters. The van der Waals surface area contributed by atoms with Crippen LogP contribution in [0.1, 0.15) is 39.2 Å². The molecule has 0 spiro atoms. The number of carboxylic acids is 1. The topological polar surface area (TPSA) is 110 Å². The number of aromatic nitrogens is 4. The lowest BCUT2D eigenvalue weighted by molar-refractivity contribution is -0.142. The molecule has 0 aliphatic heterocycles. The number of hydrogen-bond acceptors (Lipinski definition) is 5. The molecule has 8 heteroatoms. The second kappa shape index (κ2) is 7.87. The van der Waals surface area contributed by atoms with Crippen LogP contribution in [0.2, 0.25) is 0 Å². The van der Waals surface area contributed by atoms with Gasteiger partial charge in [-0.2, -0.15) is 0 Å². The van der Waals surface area contributed by atoms with Crippen LogP contribution in [0, 0.1) is 5.41 Å². The molecule has 0 aliphatic rings. The molecule has 1 amide bonds. The minimum atomic E-state index is -1.01. The third kappa shape index (κ3) is 5.98. The van der Waals surface area contributed by atoms with E-state index in [-0.39, 0.29) is 17.7 Å². The van der Waals surface area contributed by atoms with Gasteiger partial charge in [0.25, 0.3) is 0 Å². The number of carboxylic acid groups (broad SMARTS) is 1. The lowest BCUT2D eigenvalue weighted by Gasteiger charge is -2.21. The Balaban J connectivity index is 1.92. The fourth-order valence-electron chi connectivity index (χ4n) is 2.31. The maximum Gasteiger partial charge on any atom is 0.326 e. The summed E-state index contributed by atoms with van der Waals surface area (Å²) < 4.78 is 1.51. The highest BCUT2D eigenvalue weighted by molar-refractivity contribution is 5.84. The van der Waals surface area contributed by atoms with E-state index in [0.29, 0.717) is 12.8 Å². The van der Waals surface area contributed by atoms with Crippen LogP contribution in [-0.2, 0) is 16.0 Å². The summed E-state index contributed by atoms with van der Waals surface area (Å²) in [6, 6.07) is 6.32. The van der Waals surface area contributed by atoms with Crippen LogP contribution in [0.15, 0.2) is 30.6 Å². The predicted octanol–water partition coefficient (Wildman–Crippen LogP) is 1.60. The van der Waals surface area contributed by atoms with Crippen LogP contribution in [0.25, 0.3) is 5.69 Å². The highest BCUT2D eigenvalue weighted by Gasteiger charge is 2.22. The van der Waals surface area contributed by atoms with Gasteiger partial charge in [0, 0.05) is 0 Å². The first-order valence-electron chi connectivity index (χ1n) is 8.09. The average Bonchev–Trinajstić information content (AvgIpc) is 3.05. The van der Waals surface area contributed by atoms with Gasteiger partial charge >= 0.3 is 5.97 Å². The summed E-state index contributed by atoms with van der Waals surface area (Å²) in [6.45, 7) is 6.12. The molecule has 1 aromatic heterocycles. The minimum Gasteiger partial charge on any atom is -0.480 e. The van der Waals surface area contributed by atoms with Gasteiger partial charge in [0.05, 0.1) is 12.1 Å². The molecule has 0 aliphatic carbocycles. The quantitative estimate of drug-likeness (QED) is 0.789. The summed E-state index contributed by atoms with van der Waals surface area (Å²) in [6.07, 6.45) is 2.72. The zero-order valence-electron chi connectivity index (χ0n) is 14.6. The second-order valence-corrected chi connectivity index (χ2v) is 7.16. The van der Waals surface area contributed by atoms with E-state index in [1.807, 2.05) is 20.8 Å². The Morgan fingerprint density at radius 1 is 1.24 bits per heavy atom. The Hall–Kier alpha value is -2.77. The van der Waals surface area contributed by atoms with Gasteiger partial charge in [-0.05, 0) is 46.4 Å². The molecule has 0 radical (unpaired) electrons. The van der Waals surface area contributed by atoms with Crippen molar-refractivity contribution >= 4 is 11.9 Å². The molecule has 1 aromatic carbocycles. The lowest BCUT2D eigenvalue weighted by atomic mass is 9.88. The lowest BCUT2D eigenvalue weighted by Crippen LogP contribution is -2.42. The third-order valence-corrected chi connectivity index (χ3v) is 3.73. The minimum absolute atomic E-state index is 0.0183. The number of nitrogens with zero attached hydrogens (tertiary/aromatic N) is 4. The Labute approximate surface area is 146 Å². The van der Waals surface area contributed by atoms with E-state index in [4.69, 9.17) is 0 Å². The number of rotatable bonds is 7. The van der Waals surface area contributed by atoms with Gasteiger partial charge in [-0.1, -0.05) is 32.9 Å². The fourth-order valence-corrected chi connectivity index (χ4v) is 2.31. The van der Waals surface area contributed by atoms with E-state index in [1.165, 1.54) is 11.0 Å². The molecule has 2 rings (SSSR count). The summed E-state index contributed by atoms with van der Waals surface area (Å²) >= 11 is 0. The van der Waals surface area contributed by atoms with Crippen molar-refractivity contribution in [3.63, 3.8) is 0 Å². The van der Waals surface area contributed by atoms with Crippen molar-refractivity contribution in [2.45, 2.75) is 46.1 Å². The van der Waals surface area contributed by atoms with E-state index >= 15 is 0 Å². The molecular weight excluding hydrogens is 322 g/mol. The maximum absolute atomic E-state index is 12.2. The second-order valence-electron chi connectivity index (χ2n) is 7.16. The highest BCUT2D eigenvalue weighted by atomic mass is 16.4. The molecule has 134 valence electrons. The third-order valence-electron chi connectivity index (χ3n) is 3.73. The van der Waals surface area contributed by atoms with E-state index in [2.05, 4.69) is 20.8 Å². The van der Waals surface area contributed by atoms with Crippen molar-refractivity contribution in [1.82, 2.24) is 25.5 Å². The number of tetrazole rings is 1. The summed E-state index contributed by atoms with van der Waals surface area (Å²) in [5.74, 6) is -1.32. The zero-order chi connectivity index (χ0) is 18.4. The molecule has 0 bridgehead atoms.